The Morgan fingerprint density at radius 1 is 0.853 bits per heavy atom. The van der Waals surface area contributed by atoms with E-state index in [2.05, 4.69) is 4.90 Å². The fourth-order valence-electron chi connectivity index (χ4n) is 4.30. The fraction of sp³-hybridized carbons (Fsp3) is 0.423. The number of hydrogen-bond acceptors (Lipinski definition) is 5. The molecule has 0 saturated carbocycles. The van der Waals surface area contributed by atoms with Crippen molar-refractivity contribution in [3.05, 3.63) is 70.8 Å². The average Bonchev–Trinajstić information content (AvgIpc) is 2.74. The molecule has 2 aromatic rings. The van der Waals surface area contributed by atoms with Crippen LogP contribution in [0.2, 0.25) is 0 Å². The lowest BCUT2D eigenvalue weighted by atomic mass is 9.89. The van der Waals surface area contributed by atoms with E-state index in [1.165, 1.54) is 0 Å². The van der Waals surface area contributed by atoms with Crippen LogP contribution in [0.25, 0.3) is 0 Å². The van der Waals surface area contributed by atoms with E-state index in [9.17, 15) is 24.6 Å². The van der Waals surface area contributed by atoms with Crippen LogP contribution in [-0.2, 0) is 4.74 Å². The minimum absolute atomic E-state index is 0.192. The molecule has 1 heterocycles. The second kappa shape index (κ2) is 9.46. The van der Waals surface area contributed by atoms with Gasteiger partial charge in [-0.3, -0.25) is 4.90 Å². The highest BCUT2D eigenvalue weighted by Crippen LogP contribution is 2.37. The highest BCUT2D eigenvalue weighted by Gasteiger charge is 2.41. The molecule has 0 aliphatic carbocycles. The summed E-state index contributed by atoms with van der Waals surface area (Å²) in [5.41, 5.74) is 1.12. The van der Waals surface area contributed by atoms with Crippen LogP contribution < -0.4 is 0 Å². The second-order valence-corrected chi connectivity index (χ2v) is 10.2. The Labute approximate surface area is 199 Å². The van der Waals surface area contributed by atoms with Gasteiger partial charge >= 0.3 is 18.0 Å². The van der Waals surface area contributed by atoms with Gasteiger partial charge in [0.15, 0.2) is 0 Å². The van der Waals surface area contributed by atoms with Crippen LogP contribution in [0.4, 0.5) is 4.79 Å². The number of nitrogens with zero attached hydrogens (tertiary/aromatic N) is 2. The number of hydrogen-bond donors (Lipinski definition) is 2. The van der Waals surface area contributed by atoms with E-state index >= 15 is 0 Å². The van der Waals surface area contributed by atoms with Crippen LogP contribution in [0.5, 0.6) is 0 Å². The van der Waals surface area contributed by atoms with E-state index in [4.69, 9.17) is 4.74 Å². The second-order valence-electron chi connectivity index (χ2n) is 10.2. The maximum absolute atomic E-state index is 12.7. The predicted octanol–water partition coefficient (Wildman–Crippen LogP) is 4.50. The molecule has 8 nitrogen and oxygen atoms in total. The largest absolute Gasteiger partial charge is 0.478 e. The summed E-state index contributed by atoms with van der Waals surface area (Å²) in [6.45, 7) is 11.1. The summed E-state index contributed by atoms with van der Waals surface area (Å²) in [4.78, 5) is 39.3. The first-order chi connectivity index (χ1) is 15.8. The monoisotopic (exact) mass is 468 g/mol. The van der Waals surface area contributed by atoms with Crippen LogP contribution in [0.15, 0.2) is 48.5 Å². The van der Waals surface area contributed by atoms with Crippen molar-refractivity contribution in [3.8, 4) is 0 Å². The van der Waals surface area contributed by atoms with Crippen molar-refractivity contribution in [2.45, 2.75) is 51.8 Å². The van der Waals surface area contributed by atoms with E-state index in [1.807, 2.05) is 34.6 Å². The Balaban J connectivity index is 1.96. The summed E-state index contributed by atoms with van der Waals surface area (Å²) in [5, 5.41) is 18.6. The lowest BCUT2D eigenvalue weighted by Gasteiger charge is -2.50. The van der Waals surface area contributed by atoms with Gasteiger partial charge in [0.05, 0.1) is 17.2 Å². The maximum atomic E-state index is 12.7. The molecule has 1 fully saturated rings. The lowest BCUT2D eigenvalue weighted by molar-refractivity contribution is -0.0251. The number of benzene rings is 2. The average molecular weight is 469 g/mol. The molecular weight excluding hydrogens is 436 g/mol. The SMILES string of the molecule is CC(C)(C)OC(=O)N1CCN(C(c2ccc(C(=O)O)cc2)c2ccc(C(=O)O)cc2)C(C)(C)C1. The summed E-state index contributed by atoms with van der Waals surface area (Å²) in [7, 11) is 0. The summed E-state index contributed by atoms with van der Waals surface area (Å²) in [6.07, 6.45) is -0.353. The van der Waals surface area contributed by atoms with Crippen LogP contribution in [0.1, 0.15) is 72.5 Å². The van der Waals surface area contributed by atoms with Gasteiger partial charge in [-0.2, -0.15) is 0 Å². The summed E-state index contributed by atoms with van der Waals surface area (Å²) in [5.74, 6) is -2.00. The first-order valence-corrected chi connectivity index (χ1v) is 11.2. The van der Waals surface area contributed by atoms with Crippen molar-refractivity contribution in [2.24, 2.45) is 0 Å². The zero-order valence-corrected chi connectivity index (χ0v) is 20.2. The Morgan fingerprint density at radius 3 is 1.65 bits per heavy atom. The van der Waals surface area contributed by atoms with Crippen LogP contribution >= 0.6 is 0 Å². The van der Waals surface area contributed by atoms with Gasteiger partial charge in [-0.1, -0.05) is 24.3 Å². The zero-order chi connectivity index (χ0) is 25.3. The number of ether oxygens (including phenoxy) is 1. The number of carbonyl (C=O) groups is 3. The number of carboxylic acids is 2. The molecule has 8 heteroatoms. The van der Waals surface area contributed by atoms with Crippen molar-refractivity contribution in [3.63, 3.8) is 0 Å². The lowest BCUT2D eigenvalue weighted by Crippen LogP contribution is -2.61. The standard InChI is InChI=1S/C26H32N2O6/c1-25(2,3)34-24(33)27-14-15-28(26(4,5)16-27)21(17-6-10-19(11-7-17)22(29)30)18-8-12-20(13-9-18)23(31)32/h6-13,21H,14-16H2,1-5H3,(H,29,30)(H,31,32). The normalized spacial score (nSPS) is 16.4. The topological polar surface area (TPSA) is 107 Å². The van der Waals surface area contributed by atoms with Gasteiger partial charge in [0.2, 0.25) is 0 Å². The number of rotatable bonds is 5. The van der Waals surface area contributed by atoms with Crippen LogP contribution in [0.3, 0.4) is 0 Å². The van der Waals surface area contributed by atoms with E-state index in [1.54, 1.807) is 53.4 Å². The number of piperazine rings is 1. The summed E-state index contributed by atoms with van der Waals surface area (Å²) < 4.78 is 5.56. The van der Waals surface area contributed by atoms with E-state index in [-0.39, 0.29) is 23.3 Å². The van der Waals surface area contributed by atoms with Crippen LogP contribution in [-0.4, -0.2) is 68.8 Å². The van der Waals surface area contributed by atoms with Gasteiger partial charge in [0.1, 0.15) is 5.60 Å². The molecule has 2 aromatic carbocycles. The van der Waals surface area contributed by atoms with E-state index in [0.29, 0.717) is 19.6 Å². The fourth-order valence-corrected chi connectivity index (χ4v) is 4.30. The Morgan fingerprint density at radius 2 is 1.29 bits per heavy atom. The molecule has 34 heavy (non-hydrogen) atoms. The van der Waals surface area contributed by atoms with Gasteiger partial charge < -0.3 is 19.8 Å². The molecule has 2 N–H and O–H groups in total. The third-order valence-corrected chi connectivity index (χ3v) is 5.88. The Kier molecular flexibility index (Phi) is 7.02. The highest BCUT2D eigenvalue weighted by atomic mass is 16.6. The van der Waals surface area contributed by atoms with Gasteiger partial charge in [-0.05, 0) is 70.0 Å². The molecular formula is C26H32N2O6. The highest BCUT2D eigenvalue weighted by molar-refractivity contribution is 5.88. The van der Waals surface area contributed by atoms with Crippen LogP contribution in [0, 0.1) is 0 Å². The van der Waals surface area contributed by atoms with Gasteiger partial charge in [0, 0.05) is 25.2 Å². The molecule has 1 aliphatic rings. The van der Waals surface area contributed by atoms with Crippen molar-refractivity contribution in [1.82, 2.24) is 9.80 Å². The molecule has 1 aliphatic heterocycles. The van der Waals surface area contributed by atoms with Gasteiger partial charge in [-0.25, -0.2) is 14.4 Å². The number of carboxylic acid groups (broad SMARTS) is 2. The molecule has 0 atom stereocenters. The molecule has 0 aromatic heterocycles. The van der Waals surface area contributed by atoms with Crippen molar-refractivity contribution >= 4 is 18.0 Å². The molecule has 182 valence electrons. The number of aromatic carboxylic acids is 2. The maximum Gasteiger partial charge on any atom is 0.410 e. The molecule has 0 bridgehead atoms. The molecule has 0 unspecified atom stereocenters. The summed E-state index contributed by atoms with van der Waals surface area (Å²) >= 11 is 0. The first-order valence-electron chi connectivity index (χ1n) is 11.2. The molecule has 0 spiro atoms. The first kappa shape index (κ1) is 25.2. The molecule has 3 rings (SSSR count). The van der Waals surface area contributed by atoms with Gasteiger partial charge in [0.25, 0.3) is 0 Å². The van der Waals surface area contributed by atoms with E-state index in [0.717, 1.165) is 11.1 Å². The number of carbonyl (C=O) groups excluding carboxylic acids is 1. The molecule has 0 radical (unpaired) electrons. The van der Waals surface area contributed by atoms with Crippen molar-refractivity contribution in [1.29, 1.82) is 0 Å². The third-order valence-electron chi connectivity index (χ3n) is 5.88. The molecule has 1 saturated heterocycles. The third kappa shape index (κ3) is 5.75. The van der Waals surface area contributed by atoms with E-state index < -0.39 is 23.1 Å². The minimum atomic E-state index is -1.000. The number of amides is 1. The Bertz CT molecular complexity index is 997. The van der Waals surface area contributed by atoms with Crippen molar-refractivity contribution in [2.75, 3.05) is 19.6 Å². The zero-order valence-electron chi connectivity index (χ0n) is 20.2. The minimum Gasteiger partial charge on any atom is -0.478 e. The smallest absolute Gasteiger partial charge is 0.410 e. The molecule has 1 amide bonds. The Hall–Kier alpha value is -3.39. The quantitative estimate of drug-likeness (QED) is 0.665. The van der Waals surface area contributed by atoms with Crippen molar-refractivity contribution < 1.29 is 29.3 Å². The van der Waals surface area contributed by atoms with Gasteiger partial charge in [-0.15, -0.1) is 0 Å². The predicted molar refractivity (Wildman–Crippen MR) is 127 cm³/mol. The summed E-state index contributed by atoms with van der Waals surface area (Å²) in [6, 6.07) is 13.2.